The van der Waals surface area contributed by atoms with Crippen molar-refractivity contribution in [1.82, 2.24) is 0 Å². The monoisotopic (exact) mass is 232 g/mol. The fraction of sp³-hybridized carbons (Fsp3) is 0.400. The van der Waals surface area contributed by atoms with E-state index in [0.717, 1.165) is 0 Å². The molecule has 0 aliphatic rings. The van der Waals surface area contributed by atoms with Crippen molar-refractivity contribution in [3.8, 4) is 23.0 Å². The molecule has 0 heterocycles. The minimum atomic E-state index is 0.409. The van der Waals surface area contributed by atoms with Gasteiger partial charge in [-0.25, -0.2) is 0 Å². The molecule has 1 aromatic rings. The Bertz CT molecular complexity index is 352. The molecule has 0 unspecified atom stereocenters. The molecule has 5 heteroatoms. The van der Waals surface area contributed by atoms with Crippen LogP contribution in [0.3, 0.4) is 0 Å². The summed E-state index contributed by atoms with van der Waals surface area (Å²) in [5.41, 5.74) is 0. The number of rotatable bonds is 4. The topological polar surface area (TPSA) is 36.9 Å². The first-order valence-electron chi connectivity index (χ1n) is 4.22. The predicted molar refractivity (Wildman–Crippen MR) is 57.7 cm³/mol. The Morgan fingerprint density at radius 3 is 1.73 bits per heavy atom. The first-order chi connectivity index (χ1) is 7.19. The lowest BCUT2D eigenvalue weighted by molar-refractivity contribution is 0.306. The number of methoxy groups -OCH3 is 4. The molecule has 0 saturated heterocycles. The van der Waals surface area contributed by atoms with Crippen LogP contribution in [0, 0.1) is 0 Å². The molecule has 0 aromatic heterocycles. The van der Waals surface area contributed by atoms with Crippen molar-refractivity contribution in [3.63, 3.8) is 0 Å². The standard InChI is InChI=1S/C10H13ClO4/c1-12-7-5-6(11)8(13-2)10(15-4)9(7)14-3/h5H,1-4H3. The lowest BCUT2D eigenvalue weighted by Crippen LogP contribution is -1.98. The number of hydrogen-bond acceptors (Lipinski definition) is 4. The van der Waals surface area contributed by atoms with Gasteiger partial charge in [0.1, 0.15) is 0 Å². The molecule has 0 bridgehead atoms. The molecule has 84 valence electrons. The Kier molecular flexibility index (Phi) is 3.91. The van der Waals surface area contributed by atoms with Gasteiger partial charge in [0.2, 0.25) is 11.5 Å². The summed E-state index contributed by atoms with van der Waals surface area (Å²) >= 11 is 5.98. The minimum Gasteiger partial charge on any atom is -0.493 e. The van der Waals surface area contributed by atoms with E-state index in [2.05, 4.69) is 0 Å². The van der Waals surface area contributed by atoms with Crippen LogP contribution >= 0.6 is 11.6 Å². The SMILES string of the molecule is COc1cc(Cl)c(OC)c(OC)c1OC. The van der Waals surface area contributed by atoms with Gasteiger partial charge in [0.25, 0.3) is 0 Å². The third-order valence-electron chi connectivity index (χ3n) is 1.94. The summed E-state index contributed by atoms with van der Waals surface area (Å²) < 4.78 is 20.6. The summed E-state index contributed by atoms with van der Waals surface area (Å²) in [5.74, 6) is 1.81. The fourth-order valence-corrected chi connectivity index (χ4v) is 1.55. The lowest BCUT2D eigenvalue weighted by Gasteiger charge is -2.15. The number of halogens is 1. The molecule has 0 saturated carbocycles. The fourth-order valence-electron chi connectivity index (χ4n) is 1.29. The van der Waals surface area contributed by atoms with Crippen molar-refractivity contribution in [2.45, 2.75) is 0 Å². The van der Waals surface area contributed by atoms with Crippen LogP contribution in [0.4, 0.5) is 0 Å². The van der Waals surface area contributed by atoms with Crippen LogP contribution in [0.2, 0.25) is 5.02 Å². The molecule has 0 N–H and O–H groups in total. The van der Waals surface area contributed by atoms with Crippen molar-refractivity contribution in [1.29, 1.82) is 0 Å². The summed E-state index contributed by atoms with van der Waals surface area (Å²) in [6.07, 6.45) is 0. The molecule has 15 heavy (non-hydrogen) atoms. The Labute approximate surface area is 93.6 Å². The molecule has 0 amide bonds. The summed E-state index contributed by atoms with van der Waals surface area (Å²) in [7, 11) is 6.07. The second-order valence-electron chi connectivity index (χ2n) is 2.66. The zero-order valence-electron chi connectivity index (χ0n) is 9.09. The lowest BCUT2D eigenvalue weighted by atomic mass is 10.2. The van der Waals surface area contributed by atoms with Gasteiger partial charge in [0.05, 0.1) is 33.5 Å². The highest BCUT2D eigenvalue weighted by molar-refractivity contribution is 6.32. The van der Waals surface area contributed by atoms with E-state index in [1.54, 1.807) is 6.07 Å². The van der Waals surface area contributed by atoms with Gasteiger partial charge >= 0.3 is 0 Å². The van der Waals surface area contributed by atoms with Gasteiger partial charge < -0.3 is 18.9 Å². The van der Waals surface area contributed by atoms with Crippen molar-refractivity contribution < 1.29 is 18.9 Å². The van der Waals surface area contributed by atoms with Crippen molar-refractivity contribution >= 4 is 11.6 Å². The van der Waals surface area contributed by atoms with E-state index in [4.69, 9.17) is 30.5 Å². The largest absolute Gasteiger partial charge is 0.493 e. The third kappa shape index (κ3) is 2.04. The van der Waals surface area contributed by atoms with Crippen molar-refractivity contribution in [3.05, 3.63) is 11.1 Å². The molecular weight excluding hydrogens is 220 g/mol. The van der Waals surface area contributed by atoms with Gasteiger partial charge in [-0.05, 0) is 0 Å². The highest BCUT2D eigenvalue weighted by Gasteiger charge is 2.20. The molecule has 0 fully saturated rings. The summed E-state index contributed by atoms with van der Waals surface area (Å²) in [6.45, 7) is 0. The van der Waals surface area contributed by atoms with Crippen LogP contribution < -0.4 is 18.9 Å². The Morgan fingerprint density at radius 1 is 0.800 bits per heavy atom. The van der Waals surface area contributed by atoms with E-state index in [-0.39, 0.29) is 0 Å². The Morgan fingerprint density at radius 2 is 1.33 bits per heavy atom. The average molecular weight is 233 g/mol. The van der Waals surface area contributed by atoms with Crippen LogP contribution in [-0.4, -0.2) is 28.4 Å². The third-order valence-corrected chi connectivity index (χ3v) is 2.22. The molecule has 4 nitrogen and oxygen atoms in total. The van der Waals surface area contributed by atoms with Gasteiger partial charge in [-0.3, -0.25) is 0 Å². The molecule has 0 spiro atoms. The average Bonchev–Trinajstić information content (AvgIpc) is 2.27. The maximum absolute atomic E-state index is 5.98. The zero-order valence-corrected chi connectivity index (χ0v) is 9.84. The van der Waals surface area contributed by atoms with Gasteiger partial charge in [0, 0.05) is 6.07 Å². The Hall–Kier alpha value is -1.29. The van der Waals surface area contributed by atoms with Crippen molar-refractivity contribution in [2.24, 2.45) is 0 Å². The number of benzene rings is 1. The Balaban J connectivity index is 3.44. The van der Waals surface area contributed by atoms with E-state index >= 15 is 0 Å². The highest BCUT2D eigenvalue weighted by Crippen LogP contribution is 2.48. The van der Waals surface area contributed by atoms with Crippen LogP contribution in [0.15, 0.2) is 6.07 Å². The van der Waals surface area contributed by atoms with E-state index < -0.39 is 0 Å². The van der Waals surface area contributed by atoms with E-state index in [1.165, 1.54) is 28.4 Å². The van der Waals surface area contributed by atoms with E-state index in [0.29, 0.717) is 28.0 Å². The predicted octanol–water partition coefficient (Wildman–Crippen LogP) is 2.37. The normalized spacial score (nSPS) is 9.67. The first-order valence-corrected chi connectivity index (χ1v) is 4.59. The molecule has 0 atom stereocenters. The van der Waals surface area contributed by atoms with Crippen LogP contribution in [0.1, 0.15) is 0 Å². The van der Waals surface area contributed by atoms with Crippen LogP contribution in [0.25, 0.3) is 0 Å². The van der Waals surface area contributed by atoms with Crippen LogP contribution in [0.5, 0.6) is 23.0 Å². The molecule has 1 aromatic carbocycles. The second-order valence-corrected chi connectivity index (χ2v) is 3.07. The van der Waals surface area contributed by atoms with Crippen LogP contribution in [-0.2, 0) is 0 Å². The molecule has 1 rings (SSSR count). The molecular formula is C10H13ClO4. The summed E-state index contributed by atoms with van der Waals surface area (Å²) in [6, 6.07) is 1.61. The zero-order chi connectivity index (χ0) is 11.4. The number of hydrogen-bond donors (Lipinski definition) is 0. The first kappa shape index (κ1) is 11.8. The van der Waals surface area contributed by atoms with E-state index in [1.807, 2.05) is 0 Å². The molecule has 0 radical (unpaired) electrons. The molecule has 0 aliphatic heterocycles. The number of ether oxygens (including phenoxy) is 4. The van der Waals surface area contributed by atoms with Crippen molar-refractivity contribution in [2.75, 3.05) is 28.4 Å². The highest BCUT2D eigenvalue weighted by atomic mass is 35.5. The summed E-state index contributed by atoms with van der Waals surface area (Å²) in [5, 5.41) is 0.409. The van der Waals surface area contributed by atoms with Gasteiger partial charge in [-0.1, -0.05) is 11.6 Å². The maximum atomic E-state index is 5.98. The summed E-state index contributed by atoms with van der Waals surface area (Å²) in [4.78, 5) is 0. The molecule has 0 aliphatic carbocycles. The smallest absolute Gasteiger partial charge is 0.208 e. The second kappa shape index (κ2) is 4.98. The quantitative estimate of drug-likeness (QED) is 0.799. The van der Waals surface area contributed by atoms with Gasteiger partial charge in [0.15, 0.2) is 11.5 Å². The van der Waals surface area contributed by atoms with Gasteiger partial charge in [-0.15, -0.1) is 0 Å². The van der Waals surface area contributed by atoms with E-state index in [9.17, 15) is 0 Å². The van der Waals surface area contributed by atoms with Gasteiger partial charge in [-0.2, -0.15) is 0 Å². The maximum Gasteiger partial charge on any atom is 0.208 e. The minimum absolute atomic E-state index is 0.409.